The van der Waals surface area contributed by atoms with Gasteiger partial charge in [0.1, 0.15) is 0 Å². The van der Waals surface area contributed by atoms with Crippen molar-refractivity contribution >= 4 is 53.3 Å². The van der Waals surface area contributed by atoms with Crippen molar-refractivity contribution in [2.45, 2.75) is 5.41 Å². The Bertz CT molecular complexity index is 2670. The fraction of sp³-hybridized carbons (Fsp3) is 0.0233. The molecule has 0 radical (unpaired) electrons. The summed E-state index contributed by atoms with van der Waals surface area (Å²) in [6.45, 7) is 0. The topological polar surface area (TPSA) is 4.93 Å². The van der Waals surface area contributed by atoms with Crippen molar-refractivity contribution in [3.63, 3.8) is 0 Å². The molecule has 9 aromatic rings. The summed E-state index contributed by atoms with van der Waals surface area (Å²) in [6, 6.07) is 56.9. The molecule has 45 heavy (non-hydrogen) atoms. The molecule has 2 heteroatoms. The summed E-state index contributed by atoms with van der Waals surface area (Å²) in [5.74, 6) is 0. The van der Waals surface area contributed by atoms with Crippen LogP contribution in [-0.4, -0.2) is 4.57 Å². The summed E-state index contributed by atoms with van der Waals surface area (Å²) in [6.07, 6.45) is 0. The number of fused-ring (bicyclic) bond motifs is 16. The predicted molar refractivity (Wildman–Crippen MR) is 190 cm³/mol. The highest BCUT2D eigenvalue weighted by atomic mass is 32.1. The van der Waals surface area contributed by atoms with E-state index in [1.165, 1.54) is 92.2 Å². The van der Waals surface area contributed by atoms with Crippen molar-refractivity contribution in [3.05, 3.63) is 174 Å². The van der Waals surface area contributed by atoms with E-state index in [0.29, 0.717) is 0 Å². The molecule has 2 aliphatic rings. The second-order valence-corrected chi connectivity index (χ2v) is 13.5. The van der Waals surface area contributed by atoms with Crippen LogP contribution in [0.25, 0.3) is 69.9 Å². The van der Waals surface area contributed by atoms with Crippen LogP contribution < -0.4 is 0 Å². The smallest absolute Gasteiger partial charge is 0.0725 e. The van der Waals surface area contributed by atoms with Crippen LogP contribution in [0.15, 0.2) is 152 Å². The van der Waals surface area contributed by atoms with Gasteiger partial charge in [-0.1, -0.05) is 109 Å². The molecule has 0 saturated carbocycles. The number of hydrogen-bond acceptors (Lipinski definition) is 1. The summed E-state index contributed by atoms with van der Waals surface area (Å²) >= 11 is 1.87. The summed E-state index contributed by atoms with van der Waals surface area (Å²) in [5, 5.41) is 5.24. The van der Waals surface area contributed by atoms with Gasteiger partial charge in [-0.05, 0) is 87.0 Å². The molecule has 0 amide bonds. The largest absolute Gasteiger partial charge is 0.309 e. The molecule has 0 fully saturated rings. The number of thiophene rings is 1. The molecule has 0 aliphatic heterocycles. The van der Waals surface area contributed by atoms with E-state index in [4.69, 9.17) is 0 Å². The third-order valence-electron chi connectivity index (χ3n) is 10.4. The highest BCUT2D eigenvalue weighted by Gasteiger charge is 2.51. The van der Waals surface area contributed by atoms with Gasteiger partial charge < -0.3 is 4.57 Å². The van der Waals surface area contributed by atoms with Crippen LogP contribution in [-0.2, 0) is 5.41 Å². The average molecular weight is 588 g/mol. The molecule has 0 N–H and O–H groups in total. The molecular formula is C43H25NS. The monoisotopic (exact) mass is 587 g/mol. The molecule has 0 saturated heterocycles. The Morgan fingerprint density at radius 1 is 0.378 bits per heavy atom. The van der Waals surface area contributed by atoms with Gasteiger partial charge in [-0.2, -0.15) is 0 Å². The van der Waals surface area contributed by atoms with Crippen LogP contribution in [0.4, 0.5) is 0 Å². The van der Waals surface area contributed by atoms with Crippen LogP contribution in [0.3, 0.4) is 0 Å². The van der Waals surface area contributed by atoms with Crippen molar-refractivity contribution in [1.82, 2.24) is 4.57 Å². The molecule has 0 bridgehead atoms. The minimum absolute atomic E-state index is 0.342. The van der Waals surface area contributed by atoms with Crippen LogP contribution >= 0.6 is 11.3 Å². The second kappa shape index (κ2) is 8.38. The van der Waals surface area contributed by atoms with E-state index in [2.05, 4.69) is 156 Å². The van der Waals surface area contributed by atoms with E-state index in [-0.39, 0.29) is 5.41 Å². The van der Waals surface area contributed by atoms with Gasteiger partial charge in [0.25, 0.3) is 0 Å². The lowest BCUT2D eigenvalue weighted by molar-refractivity contribution is 0.795. The molecule has 7 aromatic carbocycles. The van der Waals surface area contributed by atoms with Crippen molar-refractivity contribution in [2.24, 2.45) is 0 Å². The Hall–Kier alpha value is -5.44. The van der Waals surface area contributed by atoms with Crippen LogP contribution in [0.2, 0.25) is 0 Å². The highest BCUT2D eigenvalue weighted by molar-refractivity contribution is 7.25. The van der Waals surface area contributed by atoms with Gasteiger partial charge >= 0.3 is 0 Å². The van der Waals surface area contributed by atoms with Gasteiger partial charge in [0.2, 0.25) is 0 Å². The summed E-state index contributed by atoms with van der Waals surface area (Å²) in [7, 11) is 0. The number of aromatic nitrogens is 1. The van der Waals surface area contributed by atoms with Crippen molar-refractivity contribution in [1.29, 1.82) is 0 Å². The first-order valence-electron chi connectivity index (χ1n) is 15.6. The zero-order valence-electron chi connectivity index (χ0n) is 24.3. The van der Waals surface area contributed by atoms with Crippen molar-refractivity contribution in [3.8, 4) is 27.9 Å². The molecule has 0 atom stereocenters. The van der Waals surface area contributed by atoms with E-state index < -0.39 is 0 Å². The average Bonchev–Trinajstić information content (AvgIpc) is 3.81. The van der Waals surface area contributed by atoms with Gasteiger partial charge in [-0.15, -0.1) is 11.3 Å². The summed E-state index contributed by atoms with van der Waals surface area (Å²) in [5.41, 5.74) is 14.2. The molecule has 2 heterocycles. The van der Waals surface area contributed by atoms with Gasteiger partial charge in [-0.3, -0.25) is 0 Å². The Morgan fingerprint density at radius 2 is 0.956 bits per heavy atom. The number of nitrogens with zero attached hydrogens (tertiary/aromatic N) is 1. The molecule has 0 unspecified atom stereocenters. The van der Waals surface area contributed by atoms with Gasteiger partial charge in [0.15, 0.2) is 0 Å². The van der Waals surface area contributed by atoms with E-state index >= 15 is 0 Å². The maximum absolute atomic E-state index is 2.53. The Labute approximate surface area is 264 Å². The Balaban J connectivity index is 1.28. The lowest BCUT2D eigenvalue weighted by Gasteiger charge is -2.30. The van der Waals surface area contributed by atoms with E-state index in [1.807, 2.05) is 11.3 Å². The minimum atomic E-state index is -0.342. The van der Waals surface area contributed by atoms with Crippen molar-refractivity contribution < 1.29 is 0 Å². The summed E-state index contributed by atoms with van der Waals surface area (Å²) in [4.78, 5) is 0. The molecule has 208 valence electrons. The molecule has 1 spiro atoms. The second-order valence-electron chi connectivity index (χ2n) is 12.4. The number of rotatable bonds is 1. The van der Waals surface area contributed by atoms with E-state index in [9.17, 15) is 0 Å². The number of para-hydroxylation sites is 1. The van der Waals surface area contributed by atoms with Crippen molar-refractivity contribution in [2.75, 3.05) is 0 Å². The minimum Gasteiger partial charge on any atom is -0.309 e. The normalized spacial score (nSPS) is 14.0. The predicted octanol–water partition coefficient (Wildman–Crippen LogP) is 11.5. The molecule has 1 nitrogen and oxygen atoms in total. The van der Waals surface area contributed by atoms with Gasteiger partial charge in [-0.25, -0.2) is 0 Å². The zero-order valence-corrected chi connectivity index (χ0v) is 25.1. The number of benzene rings is 7. The van der Waals surface area contributed by atoms with E-state index in [0.717, 1.165) is 0 Å². The zero-order chi connectivity index (χ0) is 29.3. The molecule has 2 aliphatic carbocycles. The van der Waals surface area contributed by atoms with Crippen LogP contribution in [0.5, 0.6) is 0 Å². The first kappa shape index (κ1) is 23.9. The SMILES string of the molecule is c1ccc2c(c1)-c1ccccc1C21c2ccccc2-c2cc3c(cc21)c1ccccc1n3-c1ccc2sc3ccccc3c2c1. The first-order chi connectivity index (χ1) is 22.3. The quantitative estimate of drug-likeness (QED) is 0.180. The van der Waals surface area contributed by atoms with Gasteiger partial charge in [0, 0.05) is 36.6 Å². The molecular weight excluding hydrogens is 563 g/mol. The first-order valence-corrected chi connectivity index (χ1v) is 16.4. The lowest BCUT2D eigenvalue weighted by Crippen LogP contribution is -2.25. The van der Waals surface area contributed by atoms with Crippen LogP contribution in [0, 0.1) is 0 Å². The maximum Gasteiger partial charge on any atom is 0.0725 e. The standard InChI is InChI=1S/C43H25NS/c1-6-16-35-27(11-1)28-12-2-7-17-36(28)43(35)37-18-8-3-13-29(37)32-25-40-33(24-38(32)43)30-14-4-9-19-39(30)44(40)26-21-22-42-34(23-26)31-15-5-10-20-41(31)45-42/h1-25H. The van der Waals surface area contributed by atoms with Crippen LogP contribution in [0.1, 0.15) is 22.3 Å². The maximum atomic E-state index is 2.53. The number of hydrogen-bond donors (Lipinski definition) is 0. The Morgan fingerprint density at radius 3 is 1.69 bits per heavy atom. The van der Waals surface area contributed by atoms with Gasteiger partial charge in [0.05, 0.1) is 16.4 Å². The Kier molecular flexibility index (Phi) is 4.46. The van der Waals surface area contributed by atoms with E-state index in [1.54, 1.807) is 0 Å². The highest BCUT2D eigenvalue weighted by Crippen LogP contribution is 2.63. The fourth-order valence-corrected chi connectivity index (χ4v) is 9.77. The fourth-order valence-electron chi connectivity index (χ4n) is 8.69. The molecule has 2 aromatic heterocycles. The molecule has 11 rings (SSSR count). The lowest BCUT2D eigenvalue weighted by atomic mass is 9.70. The third-order valence-corrected chi connectivity index (χ3v) is 11.6. The third kappa shape index (κ3) is 2.85. The summed E-state index contributed by atoms with van der Waals surface area (Å²) < 4.78 is 5.15.